The fourth-order valence-electron chi connectivity index (χ4n) is 2.87. The summed E-state index contributed by atoms with van der Waals surface area (Å²) in [5.41, 5.74) is 0. The Morgan fingerprint density at radius 3 is 2.62 bits per heavy atom. The van der Waals surface area contributed by atoms with E-state index in [-0.39, 0.29) is 36.9 Å². The highest BCUT2D eigenvalue weighted by atomic mass is 19.1. The Morgan fingerprint density at radius 1 is 1.19 bits per heavy atom. The molecule has 0 unspecified atom stereocenters. The second-order valence-electron chi connectivity index (χ2n) is 6.21. The summed E-state index contributed by atoms with van der Waals surface area (Å²) in [6.07, 6.45) is 3.13. The average molecular weight is 367 g/mol. The number of carbonyl (C=O) groups excluding carboxylic acids is 2. The number of esters is 1. The second-order valence-corrected chi connectivity index (χ2v) is 6.21. The van der Waals surface area contributed by atoms with E-state index >= 15 is 0 Å². The van der Waals surface area contributed by atoms with Crippen LogP contribution in [0.3, 0.4) is 0 Å². The molecule has 0 atom stereocenters. The van der Waals surface area contributed by atoms with E-state index in [2.05, 4.69) is 5.32 Å². The fourth-order valence-corrected chi connectivity index (χ4v) is 2.87. The number of nitrogens with one attached hydrogen (secondary N) is 1. The Balaban J connectivity index is 1.57. The van der Waals surface area contributed by atoms with Gasteiger partial charge >= 0.3 is 12.1 Å². The maximum atomic E-state index is 13.4. The van der Waals surface area contributed by atoms with Gasteiger partial charge in [-0.3, -0.25) is 4.79 Å². The third kappa shape index (κ3) is 6.90. The highest BCUT2D eigenvalue weighted by Crippen LogP contribution is 2.22. The number of carbonyl (C=O) groups is 2. The monoisotopic (exact) mass is 367 g/mol. The maximum absolute atomic E-state index is 13.4. The van der Waals surface area contributed by atoms with Gasteiger partial charge < -0.3 is 19.5 Å². The zero-order valence-electron chi connectivity index (χ0n) is 15.0. The second kappa shape index (κ2) is 10.6. The summed E-state index contributed by atoms with van der Waals surface area (Å²) < 4.78 is 29.0. The van der Waals surface area contributed by atoms with Crippen LogP contribution in [0, 0.1) is 5.82 Å². The van der Waals surface area contributed by atoms with E-state index < -0.39 is 11.9 Å². The summed E-state index contributed by atoms with van der Waals surface area (Å²) in [7, 11) is 0. The molecule has 0 aromatic heterocycles. The molecule has 0 spiro atoms. The first kappa shape index (κ1) is 20.0. The molecule has 2 rings (SSSR count). The van der Waals surface area contributed by atoms with Crippen molar-refractivity contribution >= 4 is 12.1 Å². The minimum Gasteiger partial charge on any atom is -0.491 e. The van der Waals surface area contributed by atoms with E-state index in [0.29, 0.717) is 25.9 Å². The number of amides is 1. The maximum Gasteiger partial charge on any atom is 0.407 e. The summed E-state index contributed by atoms with van der Waals surface area (Å²) in [5.74, 6) is -0.500. The van der Waals surface area contributed by atoms with Gasteiger partial charge in [-0.25, -0.2) is 9.18 Å². The van der Waals surface area contributed by atoms with E-state index in [0.717, 1.165) is 12.8 Å². The molecule has 7 heteroatoms. The van der Waals surface area contributed by atoms with Crippen LogP contribution in [-0.2, 0) is 14.3 Å². The molecular weight excluding hydrogens is 341 g/mol. The lowest BCUT2D eigenvalue weighted by molar-refractivity contribution is -0.151. The molecule has 0 aliphatic heterocycles. The van der Waals surface area contributed by atoms with Crippen molar-refractivity contribution in [3.63, 3.8) is 0 Å². The molecule has 1 aromatic rings. The van der Waals surface area contributed by atoms with Crippen molar-refractivity contribution in [2.45, 2.75) is 57.6 Å². The van der Waals surface area contributed by atoms with Crippen molar-refractivity contribution < 1.29 is 28.2 Å². The first-order chi connectivity index (χ1) is 12.6. The minimum atomic E-state index is -0.414. The van der Waals surface area contributed by atoms with Crippen molar-refractivity contribution in [1.29, 1.82) is 0 Å². The Bertz CT molecular complexity index is 587. The number of benzene rings is 1. The van der Waals surface area contributed by atoms with Crippen molar-refractivity contribution in [1.82, 2.24) is 5.32 Å². The zero-order chi connectivity index (χ0) is 18.8. The van der Waals surface area contributed by atoms with Gasteiger partial charge in [0, 0.05) is 12.5 Å². The van der Waals surface area contributed by atoms with Crippen LogP contribution in [0.1, 0.15) is 45.4 Å². The van der Waals surface area contributed by atoms with Crippen LogP contribution < -0.4 is 10.1 Å². The van der Waals surface area contributed by atoms with E-state index in [1.165, 1.54) is 6.07 Å². The number of para-hydroxylation sites is 1. The summed E-state index contributed by atoms with van der Waals surface area (Å²) in [6.45, 7) is 2.36. The van der Waals surface area contributed by atoms with Gasteiger partial charge in [0.05, 0.1) is 13.2 Å². The molecule has 0 bridgehead atoms. The highest BCUT2D eigenvalue weighted by molar-refractivity contribution is 5.69. The summed E-state index contributed by atoms with van der Waals surface area (Å²) in [6, 6.07) is 6.24. The van der Waals surface area contributed by atoms with E-state index in [9.17, 15) is 14.0 Å². The molecule has 1 aliphatic carbocycles. The molecule has 1 aliphatic rings. The number of alkyl carbamates (subject to hydrolysis) is 1. The lowest BCUT2D eigenvalue weighted by Gasteiger charge is -2.28. The highest BCUT2D eigenvalue weighted by Gasteiger charge is 2.25. The van der Waals surface area contributed by atoms with E-state index in [4.69, 9.17) is 14.2 Å². The molecular formula is C19H26FNO5. The normalized spacial score (nSPS) is 19.5. The molecule has 1 fully saturated rings. The molecule has 6 nitrogen and oxygen atoms in total. The van der Waals surface area contributed by atoms with Crippen LogP contribution >= 0.6 is 0 Å². The lowest BCUT2D eigenvalue weighted by atomic mass is 9.93. The van der Waals surface area contributed by atoms with Crippen LogP contribution in [0.15, 0.2) is 24.3 Å². The molecule has 0 heterocycles. The summed E-state index contributed by atoms with van der Waals surface area (Å²) in [5, 5.41) is 2.81. The molecule has 26 heavy (non-hydrogen) atoms. The van der Waals surface area contributed by atoms with Gasteiger partial charge in [0.1, 0.15) is 6.10 Å². The van der Waals surface area contributed by atoms with Crippen LogP contribution in [0.2, 0.25) is 0 Å². The van der Waals surface area contributed by atoms with Gasteiger partial charge in [-0.15, -0.1) is 0 Å². The smallest absolute Gasteiger partial charge is 0.407 e. The molecule has 0 radical (unpaired) electrons. The first-order valence-corrected chi connectivity index (χ1v) is 9.08. The molecule has 1 aromatic carbocycles. The third-order valence-electron chi connectivity index (χ3n) is 4.19. The lowest BCUT2D eigenvalue weighted by Crippen LogP contribution is -2.39. The van der Waals surface area contributed by atoms with Crippen LogP contribution in [-0.4, -0.2) is 37.4 Å². The Morgan fingerprint density at radius 2 is 1.92 bits per heavy atom. The largest absolute Gasteiger partial charge is 0.491 e. The third-order valence-corrected chi connectivity index (χ3v) is 4.19. The average Bonchev–Trinajstić information content (AvgIpc) is 2.62. The van der Waals surface area contributed by atoms with Gasteiger partial charge in [-0.2, -0.15) is 0 Å². The quantitative estimate of drug-likeness (QED) is 0.561. The number of ether oxygens (including phenoxy) is 3. The molecule has 0 saturated heterocycles. The number of hydrogen-bond donors (Lipinski definition) is 1. The fraction of sp³-hybridized carbons (Fsp3) is 0.579. The number of hydrogen-bond acceptors (Lipinski definition) is 5. The summed E-state index contributed by atoms with van der Waals surface area (Å²) in [4.78, 5) is 23.3. The SMILES string of the molecule is CCOC(=O)NC1CCC(OC(=O)CCCOc2ccccc2F)CC1. The Hall–Kier alpha value is -2.31. The Labute approximate surface area is 153 Å². The number of halogens is 1. The molecule has 144 valence electrons. The topological polar surface area (TPSA) is 73.9 Å². The molecule has 1 amide bonds. The van der Waals surface area contributed by atoms with Crippen molar-refractivity contribution in [3.8, 4) is 5.75 Å². The Kier molecular flexibility index (Phi) is 8.18. The zero-order valence-corrected chi connectivity index (χ0v) is 15.0. The van der Waals surface area contributed by atoms with Gasteiger partial charge in [-0.1, -0.05) is 12.1 Å². The number of rotatable bonds is 8. The predicted octanol–water partition coefficient (Wildman–Crippen LogP) is 3.59. The van der Waals surface area contributed by atoms with Crippen LogP contribution in [0.4, 0.5) is 9.18 Å². The minimum absolute atomic E-state index is 0.0678. The van der Waals surface area contributed by atoms with Crippen molar-refractivity contribution in [2.75, 3.05) is 13.2 Å². The molecule has 1 saturated carbocycles. The van der Waals surface area contributed by atoms with Gasteiger partial charge in [0.15, 0.2) is 11.6 Å². The van der Waals surface area contributed by atoms with Crippen LogP contribution in [0.25, 0.3) is 0 Å². The van der Waals surface area contributed by atoms with E-state index in [1.54, 1.807) is 25.1 Å². The summed E-state index contributed by atoms with van der Waals surface area (Å²) >= 11 is 0. The van der Waals surface area contributed by atoms with Gasteiger partial charge in [0.2, 0.25) is 0 Å². The van der Waals surface area contributed by atoms with Crippen LogP contribution in [0.5, 0.6) is 5.75 Å². The first-order valence-electron chi connectivity index (χ1n) is 9.08. The molecule has 1 N–H and O–H groups in total. The van der Waals surface area contributed by atoms with Crippen molar-refractivity contribution in [3.05, 3.63) is 30.1 Å². The van der Waals surface area contributed by atoms with Gasteiger partial charge in [0.25, 0.3) is 0 Å². The standard InChI is InChI=1S/C19H26FNO5/c1-2-24-19(23)21-14-9-11-15(12-10-14)26-18(22)8-5-13-25-17-7-4-3-6-16(17)20/h3-4,6-7,14-15H,2,5,8-13H2,1H3,(H,21,23). The van der Waals surface area contributed by atoms with Crippen molar-refractivity contribution in [2.24, 2.45) is 0 Å². The van der Waals surface area contributed by atoms with Gasteiger partial charge in [-0.05, 0) is 51.2 Å². The van der Waals surface area contributed by atoms with E-state index in [1.807, 2.05) is 0 Å². The predicted molar refractivity (Wildman–Crippen MR) is 93.4 cm³/mol.